The Morgan fingerprint density at radius 3 is 2.82 bits per heavy atom. The van der Waals surface area contributed by atoms with E-state index in [0.717, 1.165) is 5.03 Å². The standard InChI is InChI=1S/C15H14N4O2S/c1-9(22-13-4-2-3-7-16-13)14(20)17-10-5-6-11-12(8-10)19-15(21)18-11/h2-9H,1H3,(H,17,20)(H2,18,19,21)/t9-/m0/s1. The van der Waals surface area contributed by atoms with E-state index in [-0.39, 0.29) is 16.8 Å². The molecule has 1 atom stereocenters. The topological polar surface area (TPSA) is 90.6 Å². The van der Waals surface area contributed by atoms with Gasteiger partial charge < -0.3 is 15.3 Å². The number of hydrogen-bond acceptors (Lipinski definition) is 4. The number of nitrogens with zero attached hydrogens (tertiary/aromatic N) is 1. The van der Waals surface area contributed by atoms with Gasteiger partial charge in [0.2, 0.25) is 5.91 Å². The quantitative estimate of drug-likeness (QED) is 0.645. The van der Waals surface area contributed by atoms with Crippen LogP contribution < -0.4 is 11.0 Å². The van der Waals surface area contributed by atoms with Crippen molar-refractivity contribution in [1.82, 2.24) is 15.0 Å². The first-order valence-corrected chi connectivity index (χ1v) is 7.60. The zero-order valence-electron chi connectivity index (χ0n) is 11.8. The molecule has 22 heavy (non-hydrogen) atoms. The number of fused-ring (bicyclic) bond motifs is 1. The van der Waals surface area contributed by atoms with Crippen molar-refractivity contribution in [3.63, 3.8) is 0 Å². The maximum atomic E-state index is 12.2. The molecule has 3 aromatic rings. The van der Waals surface area contributed by atoms with Crippen molar-refractivity contribution in [2.24, 2.45) is 0 Å². The summed E-state index contributed by atoms with van der Waals surface area (Å²) in [5, 5.41) is 3.36. The van der Waals surface area contributed by atoms with Gasteiger partial charge in [-0.05, 0) is 37.3 Å². The van der Waals surface area contributed by atoms with Crippen LogP contribution in [0.2, 0.25) is 0 Å². The zero-order chi connectivity index (χ0) is 15.5. The molecule has 0 spiro atoms. The fourth-order valence-electron chi connectivity index (χ4n) is 2.01. The average molecular weight is 314 g/mol. The molecule has 0 saturated carbocycles. The van der Waals surface area contributed by atoms with Gasteiger partial charge in [-0.25, -0.2) is 9.78 Å². The fraction of sp³-hybridized carbons (Fsp3) is 0.133. The Hall–Kier alpha value is -2.54. The molecule has 112 valence electrons. The molecule has 7 heteroatoms. The summed E-state index contributed by atoms with van der Waals surface area (Å²) in [5.41, 5.74) is 1.74. The van der Waals surface area contributed by atoms with Crippen LogP contribution in [0.25, 0.3) is 11.0 Å². The summed E-state index contributed by atoms with van der Waals surface area (Å²) in [7, 11) is 0. The minimum atomic E-state index is -0.282. The van der Waals surface area contributed by atoms with E-state index in [0.29, 0.717) is 16.7 Å². The number of benzene rings is 1. The lowest BCUT2D eigenvalue weighted by molar-refractivity contribution is -0.115. The molecule has 3 N–H and O–H groups in total. The lowest BCUT2D eigenvalue weighted by Crippen LogP contribution is -2.22. The number of carbonyl (C=O) groups excluding carboxylic acids is 1. The van der Waals surface area contributed by atoms with E-state index in [2.05, 4.69) is 20.3 Å². The van der Waals surface area contributed by atoms with Crippen LogP contribution in [0.5, 0.6) is 0 Å². The predicted octanol–water partition coefficient (Wildman–Crippen LogP) is 2.37. The highest BCUT2D eigenvalue weighted by Crippen LogP contribution is 2.22. The van der Waals surface area contributed by atoms with Crippen molar-refractivity contribution in [3.05, 3.63) is 53.1 Å². The van der Waals surface area contributed by atoms with Crippen LogP contribution in [0, 0.1) is 0 Å². The minimum absolute atomic E-state index is 0.118. The summed E-state index contributed by atoms with van der Waals surface area (Å²) in [5.74, 6) is -0.118. The van der Waals surface area contributed by atoms with Gasteiger partial charge in [-0.2, -0.15) is 0 Å². The molecule has 2 heterocycles. The van der Waals surface area contributed by atoms with E-state index in [1.165, 1.54) is 11.8 Å². The first kappa shape index (κ1) is 14.4. The first-order valence-electron chi connectivity index (χ1n) is 6.72. The van der Waals surface area contributed by atoms with Crippen LogP contribution >= 0.6 is 11.8 Å². The number of H-pyrrole nitrogens is 2. The Kier molecular flexibility index (Phi) is 3.97. The lowest BCUT2D eigenvalue weighted by atomic mass is 10.2. The smallest absolute Gasteiger partial charge is 0.323 e. The lowest BCUT2D eigenvalue weighted by Gasteiger charge is -2.11. The fourth-order valence-corrected chi connectivity index (χ4v) is 2.81. The molecule has 3 rings (SSSR count). The normalized spacial score (nSPS) is 12.2. The number of anilines is 1. The molecule has 6 nitrogen and oxygen atoms in total. The number of hydrogen-bond donors (Lipinski definition) is 3. The molecule has 0 saturated heterocycles. The number of aromatic amines is 2. The van der Waals surface area contributed by atoms with E-state index in [1.54, 1.807) is 24.4 Å². The van der Waals surface area contributed by atoms with Gasteiger partial charge in [0, 0.05) is 11.9 Å². The SMILES string of the molecule is C[C@H](Sc1ccccn1)C(=O)Nc1ccc2[nH]c(=O)[nH]c2c1. The molecule has 1 aromatic carbocycles. The summed E-state index contributed by atoms with van der Waals surface area (Å²) in [6.45, 7) is 1.82. The summed E-state index contributed by atoms with van der Waals surface area (Å²) in [6.07, 6.45) is 1.70. The summed E-state index contributed by atoms with van der Waals surface area (Å²) in [4.78, 5) is 33.0. The van der Waals surface area contributed by atoms with Gasteiger partial charge in [0.15, 0.2) is 0 Å². The van der Waals surface area contributed by atoms with Crippen molar-refractivity contribution in [2.45, 2.75) is 17.2 Å². The van der Waals surface area contributed by atoms with Gasteiger partial charge in [-0.15, -0.1) is 0 Å². The summed E-state index contributed by atoms with van der Waals surface area (Å²) >= 11 is 1.39. The third-order valence-electron chi connectivity index (χ3n) is 3.09. The van der Waals surface area contributed by atoms with Gasteiger partial charge in [0.25, 0.3) is 0 Å². The van der Waals surface area contributed by atoms with E-state index < -0.39 is 0 Å². The third kappa shape index (κ3) is 3.20. The molecule has 0 bridgehead atoms. The number of amides is 1. The average Bonchev–Trinajstić information content (AvgIpc) is 2.87. The van der Waals surface area contributed by atoms with Crippen LogP contribution in [0.1, 0.15) is 6.92 Å². The van der Waals surface area contributed by atoms with Crippen molar-refractivity contribution in [3.8, 4) is 0 Å². The Balaban J connectivity index is 1.70. The van der Waals surface area contributed by atoms with E-state index >= 15 is 0 Å². The third-order valence-corrected chi connectivity index (χ3v) is 4.14. The molecule has 2 aromatic heterocycles. The van der Waals surface area contributed by atoms with Crippen molar-refractivity contribution < 1.29 is 4.79 Å². The maximum absolute atomic E-state index is 12.2. The Morgan fingerprint density at radius 1 is 1.23 bits per heavy atom. The second kappa shape index (κ2) is 6.07. The molecular formula is C15H14N4O2S. The van der Waals surface area contributed by atoms with Crippen LogP contribution in [0.3, 0.4) is 0 Å². The largest absolute Gasteiger partial charge is 0.325 e. The number of rotatable bonds is 4. The van der Waals surface area contributed by atoms with Gasteiger partial charge in [0.1, 0.15) is 0 Å². The van der Waals surface area contributed by atoms with Crippen LogP contribution in [-0.4, -0.2) is 26.1 Å². The summed E-state index contributed by atoms with van der Waals surface area (Å²) < 4.78 is 0. The molecule has 0 aliphatic rings. The van der Waals surface area contributed by atoms with E-state index in [9.17, 15) is 9.59 Å². The molecule has 0 aliphatic heterocycles. The van der Waals surface area contributed by atoms with Gasteiger partial charge in [-0.3, -0.25) is 4.79 Å². The second-order valence-corrected chi connectivity index (χ2v) is 6.12. The number of nitrogens with one attached hydrogen (secondary N) is 3. The highest BCUT2D eigenvalue weighted by atomic mass is 32.2. The Labute approximate surface area is 130 Å². The molecule has 1 amide bonds. The number of aromatic nitrogens is 3. The Morgan fingerprint density at radius 2 is 2.05 bits per heavy atom. The first-order chi connectivity index (χ1) is 10.6. The van der Waals surface area contributed by atoms with Crippen LogP contribution in [0.4, 0.5) is 5.69 Å². The zero-order valence-corrected chi connectivity index (χ0v) is 12.6. The van der Waals surface area contributed by atoms with Crippen LogP contribution in [0.15, 0.2) is 52.4 Å². The second-order valence-electron chi connectivity index (χ2n) is 4.76. The number of imidazole rings is 1. The number of pyridine rings is 1. The van der Waals surface area contributed by atoms with E-state index in [4.69, 9.17) is 0 Å². The van der Waals surface area contributed by atoms with Gasteiger partial charge >= 0.3 is 5.69 Å². The molecule has 0 aliphatic carbocycles. The summed E-state index contributed by atoms with van der Waals surface area (Å²) in [6, 6.07) is 10.8. The minimum Gasteiger partial charge on any atom is -0.325 e. The molecular weight excluding hydrogens is 300 g/mol. The molecule has 0 radical (unpaired) electrons. The van der Waals surface area contributed by atoms with Gasteiger partial charge in [0.05, 0.1) is 21.3 Å². The van der Waals surface area contributed by atoms with Gasteiger partial charge in [-0.1, -0.05) is 17.8 Å². The van der Waals surface area contributed by atoms with Crippen molar-refractivity contribution >= 4 is 34.4 Å². The highest BCUT2D eigenvalue weighted by molar-refractivity contribution is 8.00. The number of carbonyl (C=O) groups is 1. The van der Waals surface area contributed by atoms with Crippen molar-refractivity contribution in [1.29, 1.82) is 0 Å². The van der Waals surface area contributed by atoms with Crippen molar-refractivity contribution in [2.75, 3.05) is 5.32 Å². The Bertz CT molecular complexity index is 857. The van der Waals surface area contributed by atoms with Crippen LogP contribution in [-0.2, 0) is 4.79 Å². The van der Waals surface area contributed by atoms with E-state index in [1.807, 2.05) is 25.1 Å². The maximum Gasteiger partial charge on any atom is 0.323 e. The molecule has 0 unspecified atom stereocenters. The highest BCUT2D eigenvalue weighted by Gasteiger charge is 2.15. The molecule has 0 fully saturated rings. The number of thioether (sulfide) groups is 1. The predicted molar refractivity (Wildman–Crippen MR) is 87.1 cm³/mol. The monoisotopic (exact) mass is 314 g/mol.